The van der Waals surface area contributed by atoms with E-state index in [0.29, 0.717) is 25.3 Å². The van der Waals surface area contributed by atoms with Crippen LogP contribution in [0.3, 0.4) is 0 Å². The van der Waals surface area contributed by atoms with Crippen molar-refractivity contribution in [2.24, 2.45) is 0 Å². The molecule has 0 aliphatic heterocycles. The summed E-state index contributed by atoms with van der Waals surface area (Å²) < 4.78 is 4.81. The van der Waals surface area contributed by atoms with Crippen molar-refractivity contribution in [3.8, 4) is 0 Å². The van der Waals surface area contributed by atoms with Crippen LogP contribution in [0, 0.1) is 0 Å². The molecule has 0 saturated carbocycles. The predicted molar refractivity (Wildman–Crippen MR) is 75.5 cm³/mol. The molecule has 0 radical (unpaired) electrons. The van der Waals surface area contributed by atoms with Crippen molar-refractivity contribution in [3.63, 3.8) is 0 Å². The van der Waals surface area contributed by atoms with Crippen molar-refractivity contribution in [2.45, 2.75) is 11.3 Å². The van der Waals surface area contributed by atoms with Crippen LogP contribution in [0.4, 0.5) is 0 Å². The minimum Gasteiger partial charge on any atom is -0.383 e. The summed E-state index contributed by atoms with van der Waals surface area (Å²) in [4.78, 5) is 23.9. The summed E-state index contributed by atoms with van der Waals surface area (Å²) in [6.07, 6.45) is 0.250. The van der Waals surface area contributed by atoms with Crippen LogP contribution >= 0.6 is 12.6 Å². The maximum absolute atomic E-state index is 11.7. The fraction of sp³-hybridized carbons (Fsp3) is 0.385. The zero-order chi connectivity index (χ0) is 14.1. The Balaban J connectivity index is 2.23. The van der Waals surface area contributed by atoms with Gasteiger partial charge in [0.1, 0.15) is 0 Å². The standard InChI is InChI=1S/C13H18N2O3S/c1-18-9-8-14-12(16)6-7-15-13(17)10-2-4-11(19)5-3-10/h2-5,19H,6-9H2,1H3,(H,14,16)(H,15,17). The second-order valence-electron chi connectivity index (χ2n) is 3.90. The van der Waals surface area contributed by atoms with E-state index in [9.17, 15) is 9.59 Å². The maximum Gasteiger partial charge on any atom is 0.251 e. The van der Waals surface area contributed by atoms with Gasteiger partial charge in [0.05, 0.1) is 6.61 Å². The number of hydrogen-bond acceptors (Lipinski definition) is 4. The van der Waals surface area contributed by atoms with Gasteiger partial charge in [0.2, 0.25) is 5.91 Å². The Morgan fingerprint density at radius 3 is 2.47 bits per heavy atom. The largest absolute Gasteiger partial charge is 0.383 e. The number of amides is 2. The maximum atomic E-state index is 11.7. The normalized spacial score (nSPS) is 10.0. The van der Waals surface area contributed by atoms with E-state index in [-0.39, 0.29) is 18.2 Å². The monoisotopic (exact) mass is 282 g/mol. The van der Waals surface area contributed by atoms with Crippen molar-refractivity contribution in [3.05, 3.63) is 29.8 Å². The van der Waals surface area contributed by atoms with Gasteiger partial charge < -0.3 is 15.4 Å². The van der Waals surface area contributed by atoms with Gasteiger partial charge in [-0.15, -0.1) is 12.6 Å². The number of carbonyl (C=O) groups excluding carboxylic acids is 2. The summed E-state index contributed by atoms with van der Waals surface area (Å²) in [5.41, 5.74) is 0.553. The number of ether oxygens (including phenoxy) is 1. The molecule has 0 fully saturated rings. The molecule has 19 heavy (non-hydrogen) atoms. The highest BCUT2D eigenvalue weighted by atomic mass is 32.1. The topological polar surface area (TPSA) is 67.4 Å². The number of nitrogens with one attached hydrogen (secondary N) is 2. The lowest BCUT2D eigenvalue weighted by Crippen LogP contribution is -2.32. The zero-order valence-corrected chi connectivity index (χ0v) is 11.7. The van der Waals surface area contributed by atoms with Crippen molar-refractivity contribution < 1.29 is 14.3 Å². The molecule has 0 unspecified atom stereocenters. The van der Waals surface area contributed by atoms with E-state index in [4.69, 9.17) is 4.74 Å². The first-order chi connectivity index (χ1) is 9.13. The molecule has 0 aliphatic rings. The number of rotatable bonds is 7. The lowest BCUT2D eigenvalue weighted by atomic mass is 10.2. The Kier molecular flexibility index (Phi) is 6.99. The molecule has 1 aromatic rings. The van der Waals surface area contributed by atoms with Gasteiger partial charge in [0, 0.05) is 37.1 Å². The highest BCUT2D eigenvalue weighted by molar-refractivity contribution is 7.80. The van der Waals surface area contributed by atoms with Crippen molar-refractivity contribution in [1.29, 1.82) is 0 Å². The average Bonchev–Trinajstić information content (AvgIpc) is 2.39. The Morgan fingerprint density at radius 2 is 1.84 bits per heavy atom. The van der Waals surface area contributed by atoms with Gasteiger partial charge >= 0.3 is 0 Å². The first kappa shape index (κ1) is 15.5. The van der Waals surface area contributed by atoms with Gasteiger partial charge in [-0.1, -0.05) is 0 Å². The molecular formula is C13H18N2O3S. The van der Waals surface area contributed by atoms with E-state index in [0.717, 1.165) is 4.90 Å². The predicted octanol–water partition coefficient (Wildman–Crippen LogP) is 0.858. The van der Waals surface area contributed by atoms with Crippen molar-refractivity contribution >= 4 is 24.4 Å². The van der Waals surface area contributed by atoms with Gasteiger partial charge in [0.25, 0.3) is 5.91 Å². The molecule has 0 saturated heterocycles. The van der Waals surface area contributed by atoms with Crippen LogP contribution in [-0.2, 0) is 9.53 Å². The molecule has 2 N–H and O–H groups in total. The molecule has 0 atom stereocenters. The summed E-state index contributed by atoms with van der Waals surface area (Å²) in [6, 6.07) is 6.87. The summed E-state index contributed by atoms with van der Waals surface area (Å²) >= 11 is 4.14. The van der Waals surface area contributed by atoms with Crippen LogP contribution in [0.2, 0.25) is 0 Å². The second kappa shape index (κ2) is 8.55. The minimum absolute atomic E-state index is 0.108. The Morgan fingerprint density at radius 1 is 1.16 bits per heavy atom. The summed E-state index contributed by atoms with van der Waals surface area (Å²) in [6.45, 7) is 1.27. The molecule has 2 amide bonds. The molecular weight excluding hydrogens is 264 g/mol. The van der Waals surface area contributed by atoms with Crippen LogP contribution < -0.4 is 10.6 Å². The van der Waals surface area contributed by atoms with Crippen LogP contribution in [0.5, 0.6) is 0 Å². The van der Waals surface area contributed by atoms with Crippen molar-refractivity contribution in [1.82, 2.24) is 10.6 Å². The van der Waals surface area contributed by atoms with Crippen LogP contribution in [0.25, 0.3) is 0 Å². The first-order valence-electron chi connectivity index (χ1n) is 5.96. The molecule has 1 aromatic carbocycles. The summed E-state index contributed by atoms with van der Waals surface area (Å²) in [5.74, 6) is -0.305. The highest BCUT2D eigenvalue weighted by Crippen LogP contribution is 2.07. The lowest BCUT2D eigenvalue weighted by molar-refractivity contribution is -0.121. The Hall–Kier alpha value is -1.53. The first-order valence-corrected chi connectivity index (χ1v) is 6.41. The molecule has 0 aliphatic carbocycles. The van der Waals surface area contributed by atoms with E-state index in [1.807, 2.05) is 0 Å². The van der Waals surface area contributed by atoms with Gasteiger partial charge in [-0.3, -0.25) is 9.59 Å². The lowest BCUT2D eigenvalue weighted by Gasteiger charge is -2.06. The number of methoxy groups -OCH3 is 1. The Bertz CT molecular complexity index is 420. The quantitative estimate of drug-likeness (QED) is 0.513. The van der Waals surface area contributed by atoms with E-state index >= 15 is 0 Å². The molecule has 1 rings (SSSR count). The fourth-order valence-corrected chi connectivity index (χ4v) is 1.53. The van der Waals surface area contributed by atoms with E-state index in [1.54, 1.807) is 31.4 Å². The molecule has 104 valence electrons. The van der Waals surface area contributed by atoms with E-state index < -0.39 is 0 Å². The summed E-state index contributed by atoms with van der Waals surface area (Å²) in [7, 11) is 1.57. The molecule has 0 spiro atoms. The molecule has 0 aromatic heterocycles. The number of hydrogen-bond donors (Lipinski definition) is 3. The second-order valence-corrected chi connectivity index (χ2v) is 4.41. The molecule has 5 nitrogen and oxygen atoms in total. The van der Waals surface area contributed by atoms with E-state index in [2.05, 4.69) is 23.3 Å². The zero-order valence-electron chi connectivity index (χ0n) is 10.8. The van der Waals surface area contributed by atoms with Gasteiger partial charge in [0.15, 0.2) is 0 Å². The van der Waals surface area contributed by atoms with Crippen LogP contribution in [0.15, 0.2) is 29.2 Å². The van der Waals surface area contributed by atoms with Gasteiger partial charge in [-0.05, 0) is 24.3 Å². The molecule has 6 heteroatoms. The van der Waals surface area contributed by atoms with Crippen molar-refractivity contribution in [2.75, 3.05) is 26.8 Å². The van der Waals surface area contributed by atoms with E-state index in [1.165, 1.54) is 0 Å². The molecule has 0 bridgehead atoms. The summed E-state index contributed by atoms with van der Waals surface area (Å²) in [5, 5.41) is 5.36. The Labute approximate surface area is 118 Å². The fourth-order valence-electron chi connectivity index (χ4n) is 1.39. The smallest absolute Gasteiger partial charge is 0.251 e. The number of carbonyl (C=O) groups is 2. The van der Waals surface area contributed by atoms with Crippen LogP contribution in [-0.4, -0.2) is 38.6 Å². The minimum atomic E-state index is -0.196. The van der Waals surface area contributed by atoms with Gasteiger partial charge in [-0.25, -0.2) is 0 Å². The van der Waals surface area contributed by atoms with Crippen LogP contribution in [0.1, 0.15) is 16.8 Å². The number of thiol groups is 1. The number of benzene rings is 1. The third kappa shape index (κ3) is 6.26. The highest BCUT2D eigenvalue weighted by Gasteiger charge is 2.06. The average molecular weight is 282 g/mol. The third-order valence-corrected chi connectivity index (χ3v) is 2.69. The molecule has 0 heterocycles. The SMILES string of the molecule is COCCNC(=O)CCNC(=O)c1ccc(S)cc1. The third-order valence-electron chi connectivity index (χ3n) is 2.40. The van der Waals surface area contributed by atoms with Gasteiger partial charge in [-0.2, -0.15) is 0 Å².